The summed E-state index contributed by atoms with van der Waals surface area (Å²) in [6.07, 6.45) is 9.07. The van der Waals surface area contributed by atoms with Crippen molar-refractivity contribution in [3.8, 4) is 5.75 Å². The molecule has 2 amide bonds. The minimum Gasteiger partial charge on any atom is -0.497 e. The van der Waals surface area contributed by atoms with Crippen LogP contribution in [0, 0.1) is 5.92 Å². The molecular weight excluding hydrogens is 478 g/mol. The Hall–Kier alpha value is -3.39. The summed E-state index contributed by atoms with van der Waals surface area (Å²) < 4.78 is 5.30. The number of piperidine rings is 1. The molecule has 7 rings (SSSR count). The average molecular weight is 516 g/mol. The highest BCUT2D eigenvalue weighted by molar-refractivity contribution is 5.98. The highest BCUT2D eigenvalue weighted by Crippen LogP contribution is 2.47. The van der Waals surface area contributed by atoms with Crippen LogP contribution in [0.2, 0.25) is 0 Å². The Kier molecular flexibility index (Phi) is 6.60. The van der Waals surface area contributed by atoms with Crippen molar-refractivity contribution in [2.45, 2.75) is 69.0 Å². The molecule has 1 aliphatic heterocycles. The number of H-pyrrole nitrogens is 1. The minimum absolute atomic E-state index is 0.0592. The molecule has 0 spiro atoms. The van der Waals surface area contributed by atoms with Crippen molar-refractivity contribution in [1.29, 1.82) is 0 Å². The molecule has 8 heteroatoms. The van der Waals surface area contributed by atoms with Gasteiger partial charge in [-0.15, -0.1) is 0 Å². The lowest BCUT2D eigenvalue weighted by molar-refractivity contribution is -0.130. The average Bonchev–Trinajstić information content (AvgIpc) is 3.39. The summed E-state index contributed by atoms with van der Waals surface area (Å²) in [6, 6.07) is 13.7. The van der Waals surface area contributed by atoms with Crippen molar-refractivity contribution >= 4 is 22.7 Å². The minimum atomic E-state index is -0.185. The van der Waals surface area contributed by atoms with Crippen LogP contribution < -0.4 is 15.4 Å². The van der Waals surface area contributed by atoms with Gasteiger partial charge in [0, 0.05) is 46.7 Å². The molecule has 3 aliphatic carbocycles. The van der Waals surface area contributed by atoms with Crippen molar-refractivity contribution in [3.05, 3.63) is 60.0 Å². The second-order valence-electron chi connectivity index (χ2n) is 11.5. The molecule has 3 saturated carbocycles. The van der Waals surface area contributed by atoms with E-state index in [-0.39, 0.29) is 28.8 Å². The molecular formula is C30H37N5O3. The number of nitrogens with one attached hydrogen (secondary N) is 3. The molecule has 4 fully saturated rings. The summed E-state index contributed by atoms with van der Waals surface area (Å²) in [4.78, 5) is 36.5. The molecule has 0 unspecified atom stereocenters. The van der Waals surface area contributed by atoms with Gasteiger partial charge in [-0.2, -0.15) is 0 Å². The normalized spacial score (nSPS) is 25.8. The van der Waals surface area contributed by atoms with Crippen molar-refractivity contribution in [3.63, 3.8) is 0 Å². The summed E-state index contributed by atoms with van der Waals surface area (Å²) in [5, 5.41) is 7.83. The number of pyridine rings is 1. The zero-order valence-corrected chi connectivity index (χ0v) is 22.1. The highest BCUT2D eigenvalue weighted by atomic mass is 16.5. The smallest absolute Gasteiger partial charge is 0.268 e. The van der Waals surface area contributed by atoms with Gasteiger partial charge in [0.05, 0.1) is 12.8 Å². The SMILES string of the molecule is COc1ccc2cc(C(=O)NC34CCC(NC(=O)C5CCN(Cc6ccccn6)CC5)(CC3)CC4)[nH]c2c1. The fraction of sp³-hybridized carbons (Fsp3) is 0.500. The van der Waals surface area contributed by atoms with Gasteiger partial charge in [-0.05, 0) is 94.8 Å². The van der Waals surface area contributed by atoms with Gasteiger partial charge < -0.3 is 20.4 Å². The molecule has 1 aromatic carbocycles. The Morgan fingerprint density at radius 3 is 2.37 bits per heavy atom. The van der Waals surface area contributed by atoms with Gasteiger partial charge in [0.25, 0.3) is 5.91 Å². The summed E-state index contributed by atoms with van der Waals surface area (Å²) >= 11 is 0. The molecule has 2 bridgehead atoms. The third-order valence-electron chi connectivity index (χ3n) is 9.16. The second-order valence-corrected chi connectivity index (χ2v) is 11.5. The number of ether oxygens (including phenoxy) is 1. The Bertz CT molecular complexity index is 1290. The maximum atomic E-state index is 13.3. The van der Waals surface area contributed by atoms with E-state index < -0.39 is 0 Å². The van der Waals surface area contributed by atoms with Crippen molar-refractivity contribution in [2.75, 3.05) is 20.2 Å². The van der Waals surface area contributed by atoms with Gasteiger partial charge in [-0.1, -0.05) is 6.07 Å². The van der Waals surface area contributed by atoms with Crippen LogP contribution in [0.3, 0.4) is 0 Å². The monoisotopic (exact) mass is 515 g/mol. The molecule has 4 aliphatic rings. The Morgan fingerprint density at radius 2 is 1.71 bits per heavy atom. The number of hydrogen-bond donors (Lipinski definition) is 3. The van der Waals surface area contributed by atoms with Crippen LogP contribution in [0.4, 0.5) is 0 Å². The largest absolute Gasteiger partial charge is 0.497 e. The van der Waals surface area contributed by atoms with E-state index in [1.807, 2.05) is 42.6 Å². The number of amides is 2. The molecule has 2 aromatic heterocycles. The van der Waals surface area contributed by atoms with E-state index in [2.05, 4.69) is 31.6 Å². The summed E-state index contributed by atoms with van der Waals surface area (Å²) in [7, 11) is 1.64. The zero-order valence-electron chi connectivity index (χ0n) is 22.1. The third kappa shape index (κ3) is 5.01. The van der Waals surface area contributed by atoms with E-state index in [1.54, 1.807) is 7.11 Å². The molecule has 0 radical (unpaired) electrons. The lowest BCUT2D eigenvalue weighted by Crippen LogP contribution is -2.64. The zero-order chi connectivity index (χ0) is 26.2. The molecule has 1 saturated heterocycles. The maximum Gasteiger partial charge on any atom is 0.268 e. The quantitative estimate of drug-likeness (QED) is 0.439. The number of fused-ring (bicyclic) bond motifs is 4. The summed E-state index contributed by atoms with van der Waals surface area (Å²) in [5.74, 6) is 1.00. The van der Waals surface area contributed by atoms with Crippen LogP contribution in [0.15, 0.2) is 48.7 Å². The first kappa shape index (κ1) is 24.9. The number of carbonyl (C=O) groups excluding carboxylic acids is 2. The predicted molar refractivity (Wildman–Crippen MR) is 146 cm³/mol. The van der Waals surface area contributed by atoms with Crippen LogP contribution in [-0.2, 0) is 11.3 Å². The van der Waals surface area contributed by atoms with E-state index in [4.69, 9.17) is 4.74 Å². The van der Waals surface area contributed by atoms with Gasteiger partial charge in [0.2, 0.25) is 5.91 Å². The predicted octanol–water partition coefficient (Wildman–Crippen LogP) is 4.18. The van der Waals surface area contributed by atoms with E-state index in [1.165, 1.54) is 0 Å². The fourth-order valence-corrected chi connectivity index (χ4v) is 6.66. The van der Waals surface area contributed by atoms with Gasteiger partial charge in [0.15, 0.2) is 0 Å². The highest BCUT2D eigenvalue weighted by Gasteiger charge is 2.50. The molecule has 38 heavy (non-hydrogen) atoms. The van der Waals surface area contributed by atoms with E-state index in [0.29, 0.717) is 5.69 Å². The van der Waals surface area contributed by atoms with Crippen molar-refractivity contribution in [1.82, 2.24) is 25.5 Å². The Labute approximate surface area is 223 Å². The van der Waals surface area contributed by atoms with Crippen LogP contribution in [0.5, 0.6) is 5.75 Å². The number of rotatable bonds is 7. The first-order valence-corrected chi connectivity index (χ1v) is 13.9. The number of likely N-dealkylation sites (tertiary alicyclic amines) is 1. The first-order chi connectivity index (χ1) is 18.4. The van der Waals surface area contributed by atoms with Gasteiger partial charge in [-0.25, -0.2) is 0 Å². The Balaban J connectivity index is 1.01. The molecule has 3 N–H and O–H groups in total. The van der Waals surface area contributed by atoms with Crippen LogP contribution in [-0.4, -0.2) is 58.0 Å². The number of methoxy groups -OCH3 is 1. The molecule has 0 atom stereocenters. The van der Waals surface area contributed by atoms with Gasteiger partial charge >= 0.3 is 0 Å². The lowest BCUT2D eigenvalue weighted by atomic mass is 9.61. The first-order valence-electron chi connectivity index (χ1n) is 13.9. The number of carbonyl (C=O) groups is 2. The Morgan fingerprint density at radius 1 is 1.00 bits per heavy atom. The number of hydrogen-bond acceptors (Lipinski definition) is 5. The summed E-state index contributed by atoms with van der Waals surface area (Å²) in [5.41, 5.74) is 2.25. The topological polar surface area (TPSA) is 99.3 Å². The van der Waals surface area contributed by atoms with Gasteiger partial charge in [0.1, 0.15) is 11.4 Å². The lowest BCUT2D eigenvalue weighted by Gasteiger charge is -2.54. The molecule has 3 aromatic rings. The standard InChI is InChI=1S/C30H37N5O3/c1-38-24-6-5-22-18-26(32-25(22)19-24)28(37)34-30-12-9-29(10-13-30,11-14-30)33-27(36)21-7-16-35(17-8-21)20-23-4-2-3-15-31-23/h2-6,15,18-19,21,32H,7-14,16-17,20H2,1H3,(H,33,36)(H,34,37). The van der Waals surface area contributed by atoms with E-state index in [0.717, 1.165) is 93.3 Å². The number of benzene rings is 1. The third-order valence-corrected chi connectivity index (χ3v) is 9.16. The number of aromatic nitrogens is 2. The van der Waals surface area contributed by atoms with Crippen LogP contribution in [0.1, 0.15) is 67.5 Å². The van der Waals surface area contributed by atoms with Crippen molar-refractivity contribution < 1.29 is 14.3 Å². The number of aromatic amines is 1. The van der Waals surface area contributed by atoms with Crippen LogP contribution >= 0.6 is 0 Å². The molecule has 200 valence electrons. The molecule has 3 heterocycles. The maximum absolute atomic E-state index is 13.3. The molecule has 8 nitrogen and oxygen atoms in total. The van der Waals surface area contributed by atoms with Crippen LogP contribution in [0.25, 0.3) is 10.9 Å². The van der Waals surface area contributed by atoms with Crippen molar-refractivity contribution in [2.24, 2.45) is 5.92 Å². The van der Waals surface area contributed by atoms with Gasteiger partial charge in [-0.3, -0.25) is 19.5 Å². The van der Waals surface area contributed by atoms with E-state index in [9.17, 15) is 9.59 Å². The number of nitrogens with zero attached hydrogens (tertiary/aromatic N) is 2. The van der Waals surface area contributed by atoms with E-state index >= 15 is 0 Å². The second kappa shape index (κ2) is 10.1. The summed E-state index contributed by atoms with van der Waals surface area (Å²) in [6.45, 7) is 2.70. The fourth-order valence-electron chi connectivity index (χ4n) is 6.66.